The van der Waals surface area contributed by atoms with Crippen molar-refractivity contribution in [3.63, 3.8) is 0 Å². The van der Waals surface area contributed by atoms with Crippen LogP contribution < -0.4 is 29.6 Å². The predicted octanol–water partition coefficient (Wildman–Crippen LogP) is 2.48. The first kappa shape index (κ1) is 21.0. The van der Waals surface area contributed by atoms with Gasteiger partial charge in [0.15, 0.2) is 0 Å². The largest absolute Gasteiger partial charge is 1.00 e. The Kier molecular flexibility index (Phi) is 21.8. The van der Waals surface area contributed by atoms with Crippen molar-refractivity contribution >= 4 is 40.1 Å². The zero-order valence-corrected chi connectivity index (χ0v) is 16.0. The van der Waals surface area contributed by atoms with Gasteiger partial charge >= 0.3 is 29.6 Å². The second kappa shape index (κ2) is 17.7. The van der Waals surface area contributed by atoms with Crippen LogP contribution in [0.15, 0.2) is 0 Å². The summed E-state index contributed by atoms with van der Waals surface area (Å²) in [6.07, 6.45) is 13.9. The second-order valence-corrected chi connectivity index (χ2v) is 6.98. The smallest absolute Gasteiger partial charge is 0.422 e. The monoisotopic (exact) mass is 300 g/mol. The molecule has 0 aliphatic carbocycles. The average molecular weight is 301 g/mol. The summed E-state index contributed by atoms with van der Waals surface area (Å²) in [4.78, 5) is 0. The zero-order chi connectivity index (χ0) is 12.1. The minimum atomic E-state index is 0. The van der Waals surface area contributed by atoms with E-state index in [-0.39, 0.29) is 29.6 Å². The minimum Gasteiger partial charge on any atom is -0.422 e. The van der Waals surface area contributed by atoms with E-state index >= 15 is 0 Å². The molecule has 17 heavy (non-hydrogen) atoms. The maximum Gasteiger partial charge on any atom is 1.00 e. The summed E-state index contributed by atoms with van der Waals surface area (Å²) in [5, 5.41) is 0. The van der Waals surface area contributed by atoms with E-state index in [1.807, 2.05) is 0 Å². The van der Waals surface area contributed by atoms with Gasteiger partial charge in [-0.2, -0.15) is 0 Å². The van der Waals surface area contributed by atoms with Crippen LogP contribution in [-0.2, 0) is 12.6 Å². The van der Waals surface area contributed by atoms with Gasteiger partial charge < -0.3 is 24.8 Å². The van der Waals surface area contributed by atoms with Gasteiger partial charge in [-0.15, -0.1) is 11.8 Å². The summed E-state index contributed by atoms with van der Waals surface area (Å²) < 4.78 is 0.677. The Balaban J connectivity index is 0. The van der Waals surface area contributed by atoms with Crippen molar-refractivity contribution in [1.29, 1.82) is 0 Å². The van der Waals surface area contributed by atoms with Crippen LogP contribution in [0, 0.1) is 0 Å². The van der Waals surface area contributed by atoms with Crippen molar-refractivity contribution in [2.45, 2.75) is 71.1 Å². The fourth-order valence-electron chi connectivity index (χ4n) is 1.75. The Labute approximate surface area is 145 Å². The van der Waals surface area contributed by atoms with Gasteiger partial charge in [0.25, 0.3) is 0 Å². The summed E-state index contributed by atoms with van der Waals surface area (Å²) in [6, 6.07) is 0. The number of unbranched alkanes of at least 4 members (excludes halogenated alkanes) is 9. The van der Waals surface area contributed by atoms with E-state index in [9.17, 15) is 0 Å². The van der Waals surface area contributed by atoms with Crippen LogP contribution in [0.3, 0.4) is 0 Å². The van der Waals surface area contributed by atoms with Crippen LogP contribution in [0.25, 0.3) is 0 Å². The fraction of sp³-hybridized carbons (Fsp3) is 0.923. The standard InChI is InChI=1S/C13H26S3.Na/c1-2-3-4-5-6-7-8-9-10-11-12-16-13(14)15;/h2-12H2,1H3,(H,14,15);/q;+1/p-1. The molecule has 0 amide bonds. The molecule has 0 rings (SSSR count). The molecule has 96 valence electrons. The summed E-state index contributed by atoms with van der Waals surface area (Å²) in [7, 11) is 0. The van der Waals surface area contributed by atoms with Gasteiger partial charge in [0, 0.05) is 0 Å². The summed E-state index contributed by atoms with van der Waals surface area (Å²) in [5.74, 6) is 1.12. The van der Waals surface area contributed by atoms with Crippen LogP contribution in [0.5, 0.6) is 0 Å². The zero-order valence-electron chi connectivity index (χ0n) is 11.5. The van der Waals surface area contributed by atoms with Gasteiger partial charge in [0.1, 0.15) is 0 Å². The molecular weight excluding hydrogens is 275 g/mol. The van der Waals surface area contributed by atoms with E-state index in [0.29, 0.717) is 3.53 Å². The third-order valence-electron chi connectivity index (χ3n) is 2.72. The van der Waals surface area contributed by atoms with Crippen molar-refractivity contribution in [2.24, 2.45) is 0 Å². The number of thioether (sulfide) groups is 1. The molecule has 0 bridgehead atoms. The molecule has 0 saturated carbocycles. The SMILES string of the molecule is CCCCCCCCCCCCSC(=S)[S-].[Na+]. The third-order valence-corrected chi connectivity index (χ3v) is 4.15. The summed E-state index contributed by atoms with van der Waals surface area (Å²) in [5.41, 5.74) is 0. The Morgan fingerprint density at radius 3 is 1.71 bits per heavy atom. The summed E-state index contributed by atoms with van der Waals surface area (Å²) in [6.45, 7) is 2.27. The van der Waals surface area contributed by atoms with Gasteiger partial charge in [-0.25, -0.2) is 0 Å². The topological polar surface area (TPSA) is 0 Å². The van der Waals surface area contributed by atoms with Crippen molar-refractivity contribution in [2.75, 3.05) is 5.75 Å². The van der Waals surface area contributed by atoms with Gasteiger partial charge in [0.2, 0.25) is 0 Å². The van der Waals surface area contributed by atoms with Crippen LogP contribution in [0.2, 0.25) is 0 Å². The molecule has 0 aromatic heterocycles. The molecule has 0 aliphatic heterocycles. The molecule has 4 heteroatoms. The molecule has 0 spiro atoms. The number of thiocarbonyl (C=S) groups is 1. The molecular formula is C13H25NaS3. The minimum absolute atomic E-state index is 0. The van der Waals surface area contributed by atoms with E-state index in [1.54, 1.807) is 11.8 Å². The molecule has 0 aliphatic rings. The van der Waals surface area contributed by atoms with E-state index in [0.717, 1.165) is 5.75 Å². The van der Waals surface area contributed by atoms with Crippen LogP contribution in [-0.4, -0.2) is 9.28 Å². The van der Waals surface area contributed by atoms with E-state index in [1.165, 1.54) is 64.2 Å². The molecule has 0 aromatic rings. The number of rotatable bonds is 11. The van der Waals surface area contributed by atoms with Gasteiger partial charge in [-0.05, 0) is 12.2 Å². The predicted molar refractivity (Wildman–Crippen MR) is 84.3 cm³/mol. The Hall–Kier alpha value is 1.66. The molecule has 0 N–H and O–H groups in total. The van der Waals surface area contributed by atoms with E-state index in [4.69, 9.17) is 24.8 Å². The first-order valence-corrected chi connectivity index (χ1v) is 8.41. The third kappa shape index (κ3) is 20.2. The van der Waals surface area contributed by atoms with Crippen LogP contribution >= 0.6 is 24.0 Å². The molecule has 0 unspecified atom stereocenters. The first-order chi connectivity index (χ1) is 7.77. The summed E-state index contributed by atoms with van der Waals surface area (Å²) >= 11 is 11.3. The Morgan fingerprint density at radius 1 is 0.882 bits per heavy atom. The van der Waals surface area contributed by atoms with E-state index in [2.05, 4.69) is 6.92 Å². The molecule has 0 nitrogen and oxygen atoms in total. The van der Waals surface area contributed by atoms with E-state index < -0.39 is 0 Å². The van der Waals surface area contributed by atoms with Crippen LogP contribution in [0.4, 0.5) is 0 Å². The molecule has 0 heterocycles. The number of hydrogen-bond acceptors (Lipinski definition) is 3. The van der Waals surface area contributed by atoms with Crippen molar-refractivity contribution in [3.05, 3.63) is 0 Å². The quantitative estimate of drug-likeness (QED) is 0.249. The van der Waals surface area contributed by atoms with Gasteiger partial charge in [-0.3, -0.25) is 0 Å². The second-order valence-electron chi connectivity index (χ2n) is 4.28. The molecule has 0 radical (unpaired) electrons. The van der Waals surface area contributed by atoms with Crippen molar-refractivity contribution < 1.29 is 29.6 Å². The molecule has 0 atom stereocenters. The molecule has 0 aromatic carbocycles. The van der Waals surface area contributed by atoms with Crippen molar-refractivity contribution in [3.8, 4) is 0 Å². The van der Waals surface area contributed by atoms with Gasteiger partial charge in [0.05, 0.1) is 0 Å². The maximum absolute atomic E-state index is 4.84. The molecule has 0 fully saturated rings. The number of hydrogen-bond donors (Lipinski definition) is 0. The molecule has 0 saturated heterocycles. The Morgan fingerprint density at radius 2 is 1.29 bits per heavy atom. The van der Waals surface area contributed by atoms with Crippen LogP contribution in [0.1, 0.15) is 71.1 Å². The Bertz CT molecular complexity index is 163. The first-order valence-electron chi connectivity index (χ1n) is 6.61. The van der Waals surface area contributed by atoms with Crippen molar-refractivity contribution in [1.82, 2.24) is 0 Å². The average Bonchev–Trinajstić information content (AvgIpc) is 2.25. The normalized spacial score (nSPS) is 9.94. The van der Waals surface area contributed by atoms with Gasteiger partial charge in [-0.1, -0.05) is 68.2 Å². The fourth-order valence-corrected chi connectivity index (χ4v) is 2.76. The maximum atomic E-state index is 4.84.